The van der Waals surface area contributed by atoms with Gasteiger partial charge in [-0.25, -0.2) is 13.1 Å². The van der Waals surface area contributed by atoms with E-state index in [4.69, 9.17) is 39.5 Å². The summed E-state index contributed by atoms with van der Waals surface area (Å²) in [5.41, 5.74) is 0. The summed E-state index contributed by atoms with van der Waals surface area (Å²) in [7, 11) is -2.42. The van der Waals surface area contributed by atoms with Crippen molar-refractivity contribution in [3.63, 3.8) is 0 Å². The quantitative estimate of drug-likeness (QED) is 0.731. The van der Waals surface area contributed by atoms with Crippen LogP contribution in [-0.4, -0.2) is 34.1 Å². The van der Waals surface area contributed by atoms with Gasteiger partial charge in [-0.2, -0.15) is 0 Å². The SMILES string of the molecule is COCC(CCl)NS(=O)(=O)c1c(Cl)cc(Br)cc1Cl. The van der Waals surface area contributed by atoms with Gasteiger partial charge in [0.05, 0.1) is 22.7 Å². The molecule has 0 saturated carbocycles. The Morgan fingerprint density at radius 1 is 1.37 bits per heavy atom. The van der Waals surface area contributed by atoms with Crippen molar-refractivity contribution in [2.45, 2.75) is 10.9 Å². The van der Waals surface area contributed by atoms with Crippen molar-refractivity contribution in [2.24, 2.45) is 0 Å². The van der Waals surface area contributed by atoms with E-state index in [0.29, 0.717) is 4.47 Å². The Balaban J connectivity index is 3.14. The number of benzene rings is 1. The van der Waals surface area contributed by atoms with Gasteiger partial charge in [0.25, 0.3) is 0 Å². The third-order valence-electron chi connectivity index (χ3n) is 2.11. The minimum atomic E-state index is -3.87. The zero-order valence-corrected chi connectivity index (χ0v) is 14.5. The maximum Gasteiger partial charge on any atom is 0.243 e. The molecular weight excluding hydrogens is 400 g/mol. The molecule has 19 heavy (non-hydrogen) atoms. The molecule has 0 bridgehead atoms. The van der Waals surface area contributed by atoms with Gasteiger partial charge in [0.15, 0.2) is 0 Å². The predicted octanol–water partition coefficient (Wildman–Crippen LogP) is 3.29. The predicted molar refractivity (Wildman–Crippen MR) is 80.9 cm³/mol. The second kappa shape index (κ2) is 7.45. The minimum Gasteiger partial charge on any atom is -0.383 e. The molecule has 1 N–H and O–H groups in total. The van der Waals surface area contributed by atoms with Crippen LogP contribution in [-0.2, 0) is 14.8 Å². The Kier molecular flexibility index (Phi) is 6.86. The second-order valence-electron chi connectivity index (χ2n) is 3.63. The van der Waals surface area contributed by atoms with E-state index in [1.165, 1.54) is 19.2 Å². The van der Waals surface area contributed by atoms with Crippen LogP contribution in [0.2, 0.25) is 10.0 Å². The van der Waals surface area contributed by atoms with Crippen molar-refractivity contribution in [1.29, 1.82) is 0 Å². The summed E-state index contributed by atoms with van der Waals surface area (Å²) in [4.78, 5) is -0.176. The molecule has 0 amide bonds. The second-order valence-corrected chi connectivity index (χ2v) is 7.32. The van der Waals surface area contributed by atoms with E-state index in [-0.39, 0.29) is 27.4 Å². The molecule has 1 rings (SSSR count). The van der Waals surface area contributed by atoms with Gasteiger partial charge in [-0.1, -0.05) is 39.1 Å². The van der Waals surface area contributed by atoms with Gasteiger partial charge in [-0.05, 0) is 12.1 Å². The van der Waals surface area contributed by atoms with Crippen molar-refractivity contribution in [3.05, 3.63) is 26.7 Å². The van der Waals surface area contributed by atoms with Gasteiger partial charge in [-0.15, -0.1) is 11.6 Å². The number of rotatable bonds is 6. The molecule has 1 aromatic carbocycles. The first kappa shape index (κ1) is 17.5. The molecule has 9 heteroatoms. The van der Waals surface area contributed by atoms with Gasteiger partial charge >= 0.3 is 0 Å². The van der Waals surface area contributed by atoms with Crippen LogP contribution in [0.5, 0.6) is 0 Å². The normalized spacial score (nSPS) is 13.5. The molecule has 0 aromatic heterocycles. The zero-order chi connectivity index (χ0) is 14.6. The Bertz CT molecular complexity index is 530. The van der Waals surface area contributed by atoms with Crippen LogP contribution >= 0.6 is 50.7 Å². The van der Waals surface area contributed by atoms with Crippen molar-refractivity contribution in [1.82, 2.24) is 4.72 Å². The van der Waals surface area contributed by atoms with Crippen molar-refractivity contribution in [3.8, 4) is 0 Å². The Labute approximate surface area is 135 Å². The van der Waals surface area contributed by atoms with Gasteiger partial charge in [0, 0.05) is 17.5 Å². The highest BCUT2D eigenvalue weighted by Crippen LogP contribution is 2.32. The molecule has 1 aromatic rings. The average Bonchev–Trinajstić information content (AvgIpc) is 2.25. The molecule has 1 unspecified atom stereocenters. The highest BCUT2D eigenvalue weighted by atomic mass is 79.9. The molecule has 0 heterocycles. The molecule has 0 radical (unpaired) electrons. The number of hydrogen-bond acceptors (Lipinski definition) is 3. The van der Waals surface area contributed by atoms with E-state index in [0.717, 1.165) is 0 Å². The van der Waals surface area contributed by atoms with E-state index >= 15 is 0 Å². The van der Waals surface area contributed by atoms with E-state index in [2.05, 4.69) is 20.7 Å². The Morgan fingerprint density at radius 3 is 2.32 bits per heavy atom. The fraction of sp³-hybridized carbons (Fsp3) is 0.400. The molecule has 0 aliphatic rings. The molecule has 1 atom stereocenters. The lowest BCUT2D eigenvalue weighted by Crippen LogP contribution is -2.39. The Hall–Kier alpha value is 0.440. The van der Waals surface area contributed by atoms with Crippen LogP contribution in [0.1, 0.15) is 0 Å². The fourth-order valence-electron chi connectivity index (χ4n) is 1.38. The summed E-state index contributed by atoms with van der Waals surface area (Å²) in [5.74, 6) is 0.0683. The van der Waals surface area contributed by atoms with Crippen molar-refractivity contribution >= 4 is 60.8 Å². The summed E-state index contributed by atoms with van der Waals surface area (Å²) in [6.45, 7) is 0.147. The van der Waals surface area contributed by atoms with Crippen molar-refractivity contribution in [2.75, 3.05) is 19.6 Å². The van der Waals surface area contributed by atoms with Crippen molar-refractivity contribution < 1.29 is 13.2 Å². The number of hydrogen-bond donors (Lipinski definition) is 1. The fourth-order valence-corrected chi connectivity index (χ4v) is 4.79. The molecular formula is C10H11BrCl3NO3S. The maximum atomic E-state index is 12.2. The largest absolute Gasteiger partial charge is 0.383 e. The minimum absolute atomic E-state index is 0.0256. The van der Waals surface area contributed by atoms with Gasteiger partial charge < -0.3 is 4.74 Å². The first-order chi connectivity index (χ1) is 8.81. The number of sulfonamides is 1. The highest BCUT2D eigenvalue weighted by molar-refractivity contribution is 9.10. The van der Waals surface area contributed by atoms with Gasteiger partial charge in [0.2, 0.25) is 10.0 Å². The van der Waals surface area contributed by atoms with Crippen LogP contribution in [0.15, 0.2) is 21.5 Å². The lowest BCUT2D eigenvalue weighted by Gasteiger charge is -2.16. The van der Waals surface area contributed by atoms with E-state index in [9.17, 15) is 8.42 Å². The average molecular weight is 412 g/mol. The standard InChI is InChI=1S/C10H11BrCl3NO3S/c1-18-5-7(4-12)15-19(16,17)10-8(13)2-6(11)3-9(10)14/h2-3,7,15H,4-5H2,1H3. The number of halogens is 4. The lowest BCUT2D eigenvalue weighted by atomic mass is 10.4. The van der Waals surface area contributed by atoms with Gasteiger partial charge in [0.1, 0.15) is 4.90 Å². The first-order valence-electron chi connectivity index (χ1n) is 5.03. The number of nitrogens with one attached hydrogen (secondary N) is 1. The molecule has 0 spiro atoms. The summed E-state index contributed by atoms with van der Waals surface area (Å²) in [6, 6.07) is 2.34. The molecule has 108 valence electrons. The van der Waals surface area contributed by atoms with E-state index < -0.39 is 16.1 Å². The molecule has 0 saturated heterocycles. The van der Waals surface area contributed by atoms with Crippen LogP contribution < -0.4 is 4.72 Å². The third kappa shape index (κ3) is 4.74. The molecule has 0 aliphatic heterocycles. The number of ether oxygens (including phenoxy) is 1. The highest BCUT2D eigenvalue weighted by Gasteiger charge is 2.25. The zero-order valence-electron chi connectivity index (χ0n) is 9.79. The summed E-state index contributed by atoms with van der Waals surface area (Å²) >= 11 is 20.7. The maximum absolute atomic E-state index is 12.2. The first-order valence-corrected chi connectivity index (χ1v) is 8.60. The van der Waals surface area contributed by atoms with Crippen LogP contribution in [0, 0.1) is 0 Å². The third-order valence-corrected chi connectivity index (χ3v) is 5.38. The Morgan fingerprint density at radius 2 is 1.89 bits per heavy atom. The van der Waals surface area contributed by atoms with Crippen LogP contribution in [0.4, 0.5) is 0 Å². The van der Waals surface area contributed by atoms with E-state index in [1.807, 2.05) is 0 Å². The monoisotopic (exact) mass is 409 g/mol. The topological polar surface area (TPSA) is 55.4 Å². The van der Waals surface area contributed by atoms with E-state index in [1.54, 1.807) is 0 Å². The van der Waals surface area contributed by atoms with Crippen LogP contribution in [0.25, 0.3) is 0 Å². The number of methoxy groups -OCH3 is 1. The molecule has 4 nitrogen and oxygen atoms in total. The summed E-state index contributed by atoms with van der Waals surface area (Å²) < 4.78 is 32.3. The van der Waals surface area contributed by atoms with Crippen LogP contribution in [0.3, 0.4) is 0 Å². The lowest BCUT2D eigenvalue weighted by molar-refractivity contribution is 0.181. The molecule has 0 fully saturated rings. The summed E-state index contributed by atoms with van der Waals surface area (Å²) in [6.07, 6.45) is 0. The summed E-state index contributed by atoms with van der Waals surface area (Å²) in [5, 5.41) is 0.0511. The molecule has 0 aliphatic carbocycles. The number of alkyl halides is 1. The van der Waals surface area contributed by atoms with Gasteiger partial charge in [-0.3, -0.25) is 0 Å². The smallest absolute Gasteiger partial charge is 0.243 e.